The molecular weight excluding hydrogens is 359 g/mol. The molecule has 0 aliphatic rings. The highest BCUT2D eigenvalue weighted by molar-refractivity contribution is 7.13. The van der Waals surface area contributed by atoms with E-state index < -0.39 is 0 Å². The highest BCUT2D eigenvalue weighted by Crippen LogP contribution is 2.30. The van der Waals surface area contributed by atoms with E-state index >= 15 is 0 Å². The van der Waals surface area contributed by atoms with Gasteiger partial charge in [-0.15, -0.1) is 11.3 Å². The van der Waals surface area contributed by atoms with Gasteiger partial charge in [0.1, 0.15) is 10.8 Å². The van der Waals surface area contributed by atoms with Gasteiger partial charge in [0, 0.05) is 17.5 Å². The monoisotopic (exact) mass is 374 g/mol. The van der Waals surface area contributed by atoms with Crippen LogP contribution in [0.3, 0.4) is 0 Å². The third-order valence-corrected chi connectivity index (χ3v) is 4.93. The molecule has 0 radical (unpaired) electrons. The Hall–Kier alpha value is -2.24. The molecule has 1 heterocycles. The quantitative estimate of drug-likeness (QED) is 0.690. The molecule has 0 unspecified atom stereocenters. The number of nitrogens with zero attached hydrogens (tertiary/aromatic N) is 1. The van der Waals surface area contributed by atoms with Gasteiger partial charge in [-0.25, -0.2) is 9.37 Å². The molecule has 0 fully saturated rings. The zero-order chi connectivity index (χ0) is 17.6. The number of thiazole rings is 1. The average Bonchev–Trinajstić information content (AvgIpc) is 3.05. The third kappa shape index (κ3) is 4.65. The van der Waals surface area contributed by atoms with E-state index in [2.05, 4.69) is 10.3 Å². The van der Waals surface area contributed by atoms with Crippen LogP contribution < -0.4 is 5.32 Å². The molecule has 0 bridgehead atoms. The van der Waals surface area contributed by atoms with Crippen molar-refractivity contribution in [1.29, 1.82) is 0 Å². The molecule has 25 heavy (non-hydrogen) atoms. The van der Waals surface area contributed by atoms with E-state index in [0.717, 1.165) is 10.6 Å². The van der Waals surface area contributed by atoms with Crippen molar-refractivity contribution in [2.45, 2.75) is 12.8 Å². The number of carbonyl (C=O) groups excluding carboxylic acids is 1. The Labute approximate surface area is 154 Å². The van der Waals surface area contributed by atoms with Gasteiger partial charge in [0.25, 0.3) is 0 Å². The van der Waals surface area contributed by atoms with Crippen LogP contribution in [0.4, 0.5) is 4.39 Å². The van der Waals surface area contributed by atoms with Crippen molar-refractivity contribution in [3.8, 4) is 10.6 Å². The van der Waals surface area contributed by atoms with Gasteiger partial charge in [0.15, 0.2) is 0 Å². The maximum Gasteiger partial charge on any atom is 0.226 e. The molecule has 1 aromatic heterocycles. The van der Waals surface area contributed by atoms with Crippen LogP contribution in [0.15, 0.2) is 53.9 Å². The zero-order valence-electron chi connectivity index (χ0n) is 13.3. The Morgan fingerprint density at radius 3 is 2.72 bits per heavy atom. The van der Waals surface area contributed by atoms with Crippen LogP contribution in [-0.4, -0.2) is 17.4 Å². The molecule has 2 aromatic carbocycles. The van der Waals surface area contributed by atoms with Gasteiger partial charge in [-0.1, -0.05) is 48.0 Å². The maximum absolute atomic E-state index is 13.5. The van der Waals surface area contributed by atoms with Gasteiger partial charge >= 0.3 is 0 Å². The van der Waals surface area contributed by atoms with Crippen molar-refractivity contribution in [2.75, 3.05) is 6.54 Å². The Morgan fingerprint density at radius 2 is 1.92 bits per heavy atom. The molecule has 0 aliphatic heterocycles. The van der Waals surface area contributed by atoms with E-state index in [-0.39, 0.29) is 18.1 Å². The fourth-order valence-electron chi connectivity index (χ4n) is 2.41. The van der Waals surface area contributed by atoms with Crippen molar-refractivity contribution in [1.82, 2.24) is 10.3 Å². The predicted octanol–water partition coefficient (Wildman–Crippen LogP) is 4.50. The van der Waals surface area contributed by atoms with Crippen molar-refractivity contribution >= 4 is 28.8 Å². The Morgan fingerprint density at radius 1 is 1.16 bits per heavy atom. The fourth-order valence-corrected chi connectivity index (χ4v) is 3.55. The molecule has 1 amide bonds. The molecule has 3 aromatic rings. The molecule has 1 N–H and O–H groups in total. The van der Waals surface area contributed by atoms with Crippen molar-refractivity contribution in [2.24, 2.45) is 0 Å². The first-order chi connectivity index (χ1) is 12.1. The fraction of sp³-hybridized carbons (Fsp3) is 0.158. The standard InChI is InChI=1S/C19H16ClFN2OS/c20-16-7-3-2-6-15(16)19-23-14(12-25-19)11-18(24)22-10-9-13-5-1-4-8-17(13)21/h1-8,12H,9-11H2,(H,22,24). The van der Waals surface area contributed by atoms with Crippen LogP contribution in [-0.2, 0) is 17.6 Å². The normalized spacial score (nSPS) is 10.6. The topological polar surface area (TPSA) is 42.0 Å². The summed E-state index contributed by atoms with van der Waals surface area (Å²) in [5.41, 5.74) is 2.15. The molecule has 6 heteroatoms. The van der Waals surface area contributed by atoms with E-state index in [1.54, 1.807) is 18.2 Å². The first kappa shape index (κ1) is 17.6. The molecule has 128 valence electrons. The second kappa shape index (κ2) is 8.23. The lowest BCUT2D eigenvalue weighted by atomic mass is 10.1. The Kier molecular flexibility index (Phi) is 5.79. The lowest BCUT2D eigenvalue weighted by Gasteiger charge is -2.05. The van der Waals surface area contributed by atoms with Gasteiger partial charge < -0.3 is 5.32 Å². The van der Waals surface area contributed by atoms with Gasteiger partial charge in [0.2, 0.25) is 5.91 Å². The molecular formula is C19H16ClFN2OS. The van der Waals surface area contributed by atoms with Gasteiger partial charge in [0.05, 0.1) is 17.1 Å². The highest BCUT2D eigenvalue weighted by Gasteiger charge is 2.11. The van der Waals surface area contributed by atoms with E-state index in [1.807, 2.05) is 29.6 Å². The predicted molar refractivity (Wildman–Crippen MR) is 99.4 cm³/mol. The number of amides is 1. The molecule has 0 saturated heterocycles. The number of hydrogen-bond donors (Lipinski definition) is 1. The van der Waals surface area contributed by atoms with Crippen LogP contribution >= 0.6 is 22.9 Å². The van der Waals surface area contributed by atoms with Crippen LogP contribution in [0.25, 0.3) is 10.6 Å². The van der Waals surface area contributed by atoms with Crippen LogP contribution in [0, 0.1) is 5.82 Å². The lowest BCUT2D eigenvalue weighted by molar-refractivity contribution is -0.120. The molecule has 0 spiro atoms. The number of rotatable bonds is 6. The number of aromatic nitrogens is 1. The smallest absolute Gasteiger partial charge is 0.226 e. The van der Waals surface area contributed by atoms with Crippen molar-refractivity contribution in [3.05, 3.63) is 76.0 Å². The summed E-state index contributed by atoms with van der Waals surface area (Å²) in [6, 6.07) is 14.1. The summed E-state index contributed by atoms with van der Waals surface area (Å²) >= 11 is 7.63. The van der Waals surface area contributed by atoms with Crippen LogP contribution in [0.1, 0.15) is 11.3 Å². The first-order valence-electron chi connectivity index (χ1n) is 7.83. The Bertz CT molecular complexity index is 881. The summed E-state index contributed by atoms with van der Waals surface area (Å²) < 4.78 is 13.5. The van der Waals surface area contributed by atoms with E-state index in [4.69, 9.17) is 11.6 Å². The number of hydrogen-bond acceptors (Lipinski definition) is 3. The van der Waals surface area contributed by atoms with E-state index in [9.17, 15) is 9.18 Å². The second-order valence-electron chi connectivity index (χ2n) is 5.49. The van der Waals surface area contributed by atoms with Gasteiger partial charge in [-0.3, -0.25) is 4.79 Å². The SMILES string of the molecule is O=C(Cc1csc(-c2ccccc2Cl)n1)NCCc1ccccc1F. The second-order valence-corrected chi connectivity index (χ2v) is 6.76. The minimum absolute atomic E-state index is 0.132. The number of halogens is 2. The van der Waals surface area contributed by atoms with Crippen molar-refractivity contribution < 1.29 is 9.18 Å². The van der Waals surface area contributed by atoms with Crippen molar-refractivity contribution in [3.63, 3.8) is 0 Å². The van der Waals surface area contributed by atoms with E-state index in [0.29, 0.717) is 29.2 Å². The summed E-state index contributed by atoms with van der Waals surface area (Å²) in [5.74, 6) is -0.382. The summed E-state index contributed by atoms with van der Waals surface area (Å²) in [7, 11) is 0. The summed E-state index contributed by atoms with van der Waals surface area (Å²) in [5, 5.41) is 6.08. The third-order valence-electron chi connectivity index (χ3n) is 3.67. The minimum Gasteiger partial charge on any atom is -0.355 e. The maximum atomic E-state index is 13.5. The summed E-state index contributed by atoms with van der Waals surface area (Å²) in [6.45, 7) is 0.390. The highest BCUT2D eigenvalue weighted by atomic mass is 35.5. The van der Waals surface area contributed by atoms with Crippen LogP contribution in [0.5, 0.6) is 0 Å². The molecule has 0 aliphatic carbocycles. The Balaban J connectivity index is 1.54. The van der Waals surface area contributed by atoms with Gasteiger partial charge in [-0.05, 0) is 24.1 Å². The molecule has 3 rings (SSSR count). The largest absolute Gasteiger partial charge is 0.355 e. The summed E-state index contributed by atoms with van der Waals surface area (Å²) in [4.78, 5) is 16.5. The number of carbonyl (C=O) groups is 1. The molecule has 0 saturated carbocycles. The summed E-state index contributed by atoms with van der Waals surface area (Å²) in [6.07, 6.45) is 0.651. The van der Waals surface area contributed by atoms with Gasteiger partial charge in [-0.2, -0.15) is 0 Å². The molecule has 0 atom stereocenters. The first-order valence-corrected chi connectivity index (χ1v) is 9.08. The minimum atomic E-state index is -0.249. The average molecular weight is 375 g/mol. The number of benzene rings is 2. The van der Waals surface area contributed by atoms with Crippen LogP contribution in [0.2, 0.25) is 5.02 Å². The van der Waals surface area contributed by atoms with E-state index in [1.165, 1.54) is 17.4 Å². The number of nitrogens with one attached hydrogen (secondary N) is 1. The zero-order valence-corrected chi connectivity index (χ0v) is 14.9. The molecule has 3 nitrogen and oxygen atoms in total. The lowest BCUT2D eigenvalue weighted by Crippen LogP contribution is -2.27.